The van der Waals surface area contributed by atoms with E-state index < -0.39 is 0 Å². The molecule has 4 aromatic rings. The third kappa shape index (κ3) is 5.41. The highest BCUT2D eigenvalue weighted by Crippen LogP contribution is 2.42. The molecule has 1 aliphatic heterocycles. The number of fused-ring (bicyclic) bond motifs is 1. The van der Waals surface area contributed by atoms with Crippen LogP contribution in [-0.2, 0) is 4.79 Å². The van der Waals surface area contributed by atoms with Gasteiger partial charge in [0.2, 0.25) is 11.9 Å². The molecule has 2 fully saturated rings. The van der Waals surface area contributed by atoms with E-state index >= 15 is 0 Å². The van der Waals surface area contributed by atoms with Crippen LogP contribution in [0.2, 0.25) is 0 Å². The number of para-hydroxylation sites is 1. The lowest BCUT2D eigenvalue weighted by atomic mass is 10.1. The number of piperazine rings is 1. The molecule has 1 saturated carbocycles. The molecule has 2 aromatic heterocycles. The molecule has 1 N–H and O–H groups in total. The molecule has 1 unspecified atom stereocenters. The molecule has 3 heterocycles. The van der Waals surface area contributed by atoms with Crippen LogP contribution in [0.15, 0.2) is 60.9 Å². The molecule has 39 heavy (non-hydrogen) atoms. The van der Waals surface area contributed by atoms with E-state index in [-0.39, 0.29) is 11.9 Å². The molecule has 1 atom stereocenters. The maximum atomic E-state index is 11.7. The molecule has 2 aromatic carbocycles. The van der Waals surface area contributed by atoms with E-state index in [9.17, 15) is 4.79 Å². The normalized spacial score (nSPS) is 16.2. The lowest BCUT2D eigenvalue weighted by Crippen LogP contribution is -2.48. The number of anilines is 3. The summed E-state index contributed by atoms with van der Waals surface area (Å²) < 4.78 is 2.05. The van der Waals surface area contributed by atoms with Crippen molar-refractivity contribution in [2.75, 3.05) is 36.4 Å². The number of nitriles is 1. The van der Waals surface area contributed by atoms with E-state index in [1.807, 2.05) is 52.3 Å². The minimum absolute atomic E-state index is 0.131. The van der Waals surface area contributed by atoms with Gasteiger partial charge < -0.3 is 15.1 Å². The van der Waals surface area contributed by atoms with Gasteiger partial charge in [0, 0.05) is 74.2 Å². The molecule has 0 spiro atoms. The van der Waals surface area contributed by atoms with Gasteiger partial charge in [-0.05, 0) is 49.4 Å². The zero-order valence-electron chi connectivity index (χ0n) is 22.1. The van der Waals surface area contributed by atoms with E-state index in [0.29, 0.717) is 18.3 Å². The SMILES string of the molecule is CC(=O)N1CCN(c2cccc(Nc3ncc4cccc(-c5ccn(C(CCC#N)C6CC6)n5)c4n3)c2)CC1. The molecule has 1 saturated heterocycles. The van der Waals surface area contributed by atoms with E-state index in [0.717, 1.165) is 66.1 Å². The van der Waals surface area contributed by atoms with E-state index in [2.05, 4.69) is 39.5 Å². The molecule has 9 nitrogen and oxygen atoms in total. The number of nitrogens with zero attached hydrogens (tertiary/aromatic N) is 7. The number of hydrogen-bond donors (Lipinski definition) is 1. The Bertz CT molecular complexity index is 1530. The van der Waals surface area contributed by atoms with Crippen LogP contribution < -0.4 is 10.2 Å². The third-order valence-corrected chi connectivity index (χ3v) is 7.75. The van der Waals surface area contributed by atoms with Gasteiger partial charge in [-0.1, -0.05) is 24.3 Å². The Morgan fingerprint density at radius 2 is 1.95 bits per heavy atom. The van der Waals surface area contributed by atoms with Crippen LogP contribution in [0.1, 0.15) is 38.6 Å². The van der Waals surface area contributed by atoms with E-state index in [4.69, 9.17) is 15.3 Å². The largest absolute Gasteiger partial charge is 0.368 e. The minimum Gasteiger partial charge on any atom is -0.368 e. The monoisotopic (exact) mass is 520 g/mol. The lowest BCUT2D eigenvalue weighted by Gasteiger charge is -2.35. The van der Waals surface area contributed by atoms with Gasteiger partial charge in [-0.2, -0.15) is 10.4 Å². The zero-order valence-corrected chi connectivity index (χ0v) is 22.1. The second-order valence-electron chi connectivity index (χ2n) is 10.4. The fourth-order valence-corrected chi connectivity index (χ4v) is 5.46. The number of benzene rings is 2. The van der Waals surface area contributed by atoms with Crippen LogP contribution in [0.25, 0.3) is 22.2 Å². The molecular formula is C30H32N8O. The lowest BCUT2D eigenvalue weighted by molar-refractivity contribution is -0.129. The van der Waals surface area contributed by atoms with E-state index in [1.54, 1.807) is 6.92 Å². The molecule has 2 aliphatic rings. The molecule has 0 radical (unpaired) electrons. The van der Waals surface area contributed by atoms with Gasteiger partial charge in [-0.25, -0.2) is 9.97 Å². The number of amides is 1. The summed E-state index contributed by atoms with van der Waals surface area (Å²) in [5.41, 5.74) is 4.70. The average Bonchev–Trinajstić information content (AvgIpc) is 3.69. The molecule has 0 bridgehead atoms. The van der Waals surface area contributed by atoms with Gasteiger partial charge >= 0.3 is 0 Å². The predicted octanol–water partition coefficient (Wildman–Crippen LogP) is 5.16. The van der Waals surface area contributed by atoms with Gasteiger partial charge in [0.25, 0.3) is 0 Å². The number of nitrogens with one attached hydrogen (secondary N) is 1. The second-order valence-corrected chi connectivity index (χ2v) is 10.4. The third-order valence-electron chi connectivity index (χ3n) is 7.75. The predicted molar refractivity (Wildman–Crippen MR) is 152 cm³/mol. The quantitative estimate of drug-likeness (QED) is 0.342. The number of rotatable bonds is 8. The standard InChI is InChI=1S/C30H32N8O/c1-21(39)36-15-17-37(18-16-36)25-7-3-6-24(19-25)33-30-32-20-23-5-2-8-26(29(23)34-30)27-12-14-38(35-27)28(9-4-13-31)22-10-11-22/h2-3,5-8,12,14,19-20,22,28H,4,9-11,15-18H2,1H3,(H,32,33,34). The first-order valence-electron chi connectivity index (χ1n) is 13.6. The molecule has 9 heteroatoms. The maximum Gasteiger partial charge on any atom is 0.227 e. The Morgan fingerprint density at radius 1 is 1.13 bits per heavy atom. The summed E-state index contributed by atoms with van der Waals surface area (Å²) in [6.07, 6.45) is 7.67. The fraction of sp³-hybridized carbons (Fsp3) is 0.367. The number of aromatic nitrogens is 4. The van der Waals surface area contributed by atoms with Crippen LogP contribution in [0, 0.1) is 17.2 Å². The molecular weight excluding hydrogens is 488 g/mol. The van der Waals surface area contributed by atoms with Crippen molar-refractivity contribution < 1.29 is 4.79 Å². The maximum absolute atomic E-state index is 11.7. The van der Waals surface area contributed by atoms with Crippen LogP contribution in [0.4, 0.5) is 17.3 Å². The highest BCUT2D eigenvalue weighted by Gasteiger charge is 2.32. The Hall–Kier alpha value is -4.45. The molecule has 198 valence electrons. The Balaban J connectivity index is 1.23. The summed E-state index contributed by atoms with van der Waals surface area (Å²) in [6.45, 7) is 4.72. The van der Waals surface area contributed by atoms with Crippen molar-refractivity contribution in [3.05, 3.63) is 60.9 Å². The zero-order chi connectivity index (χ0) is 26.8. The van der Waals surface area contributed by atoms with Crippen LogP contribution >= 0.6 is 0 Å². The number of hydrogen-bond acceptors (Lipinski definition) is 7. The summed E-state index contributed by atoms with van der Waals surface area (Å²) in [7, 11) is 0. The van der Waals surface area contributed by atoms with Gasteiger partial charge in [-0.3, -0.25) is 9.48 Å². The van der Waals surface area contributed by atoms with Crippen LogP contribution in [-0.4, -0.2) is 56.7 Å². The van der Waals surface area contributed by atoms with Gasteiger partial charge in [-0.15, -0.1) is 0 Å². The first-order chi connectivity index (χ1) is 19.1. The van der Waals surface area contributed by atoms with Crippen molar-refractivity contribution in [3.63, 3.8) is 0 Å². The highest BCUT2D eigenvalue weighted by molar-refractivity contribution is 5.92. The molecule has 6 rings (SSSR count). The average molecular weight is 521 g/mol. The summed E-state index contributed by atoms with van der Waals surface area (Å²) >= 11 is 0. The van der Waals surface area contributed by atoms with Crippen molar-refractivity contribution in [2.45, 2.75) is 38.6 Å². The van der Waals surface area contributed by atoms with Gasteiger partial charge in [0.05, 0.1) is 23.3 Å². The summed E-state index contributed by atoms with van der Waals surface area (Å²) in [4.78, 5) is 25.3. The molecule has 1 aliphatic carbocycles. The van der Waals surface area contributed by atoms with Crippen molar-refractivity contribution in [1.82, 2.24) is 24.6 Å². The summed E-state index contributed by atoms with van der Waals surface area (Å²) in [6, 6.07) is 18.9. The van der Waals surface area contributed by atoms with Gasteiger partial charge in [0.15, 0.2) is 0 Å². The van der Waals surface area contributed by atoms with Crippen molar-refractivity contribution in [1.29, 1.82) is 5.26 Å². The van der Waals surface area contributed by atoms with E-state index in [1.165, 1.54) is 12.8 Å². The van der Waals surface area contributed by atoms with Crippen molar-refractivity contribution in [3.8, 4) is 17.3 Å². The fourth-order valence-electron chi connectivity index (χ4n) is 5.46. The highest BCUT2D eigenvalue weighted by atomic mass is 16.2. The van der Waals surface area contributed by atoms with Gasteiger partial charge in [0.1, 0.15) is 0 Å². The first kappa shape index (κ1) is 24.9. The Morgan fingerprint density at radius 3 is 2.72 bits per heavy atom. The topological polar surface area (TPSA) is 103 Å². The summed E-state index contributed by atoms with van der Waals surface area (Å²) in [5, 5.41) is 18.4. The van der Waals surface area contributed by atoms with Crippen LogP contribution in [0.5, 0.6) is 0 Å². The van der Waals surface area contributed by atoms with Crippen molar-refractivity contribution in [2.24, 2.45) is 5.92 Å². The summed E-state index contributed by atoms with van der Waals surface area (Å²) in [5.74, 6) is 1.27. The first-order valence-corrected chi connectivity index (χ1v) is 13.6. The second kappa shape index (κ2) is 10.7. The number of carbonyl (C=O) groups is 1. The Labute approximate surface area is 228 Å². The Kier molecular flexibility index (Phi) is 6.84. The van der Waals surface area contributed by atoms with Crippen molar-refractivity contribution >= 4 is 34.1 Å². The van der Waals surface area contributed by atoms with Crippen LogP contribution in [0.3, 0.4) is 0 Å². The smallest absolute Gasteiger partial charge is 0.227 e. The molecule has 1 amide bonds. The number of carbonyl (C=O) groups excluding carboxylic acids is 1. The minimum atomic E-state index is 0.131.